The van der Waals surface area contributed by atoms with Gasteiger partial charge in [-0.3, -0.25) is 0 Å². The third-order valence-corrected chi connectivity index (χ3v) is 7.08. The molecular formula is C27H29ClN6O3. The molecule has 4 aromatic rings. The maximum Gasteiger partial charge on any atom is 0.350 e. The van der Waals surface area contributed by atoms with E-state index in [-0.39, 0.29) is 11.4 Å². The number of hydrogen-bond acceptors (Lipinski definition) is 7. The number of hydrogen-bond donors (Lipinski definition) is 2. The fourth-order valence-electron chi connectivity index (χ4n) is 4.70. The van der Waals surface area contributed by atoms with Gasteiger partial charge < -0.3 is 20.0 Å². The first-order valence-electron chi connectivity index (χ1n) is 12.3. The zero-order valence-corrected chi connectivity index (χ0v) is 21.2. The van der Waals surface area contributed by atoms with Crippen LogP contribution in [0.4, 0.5) is 11.5 Å². The monoisotopic (exact) mass is 520 g/mol. The third kappa shape index (κ3) is 5.19. The molecule has 1 fully saturated rings. The smallest absolute Gasteiger partial charge is 0.350 e. The number of aromatic nitrogens is 4. The summed E-state index contributed by atoms with van der Waals surface area (Å²) in [5, 5.41) is 25.3. The number of phenolic OH excluding ortho intramolecular Hbond substituents is 1. The molecule has 37 heavy (non-hydrogen) atoms. The molecule has 2 aromatic heterocycles. The molecule has 1 aliphatic heterocycles. The van der Waals surface area contributed by atoms with Gasteiger partial charge in [0.05, 0.1) is 17.9 Å². The standard InChI is InChI=1S/C27H29ClN6O3/c1-2-24(26(36)19-3-5-20(28)6-4-19)34-27(37)33(18-30-34)22-9-12-25(29-17-22)32-15-13-31(14-16-32)21-7-10-23(35)11-8-21/h3-12,17-18,24,26,35-36H,2,13-16H2,1H3. The van der Waals surface area contributed by atoms with Gasteiger partial charge in [-0.05, 0) is 60.5 Å². The Morgan fingerprint density at radius 2 is 1.57 bits per heavy atom. The van der Waals surface area contributed by atoms with Crippen LogP contribution in [0.3, 0.4) is 0 Å². The Labute approximate surface area is 219 Å². The van der Waals surface area contributed by atoms with Gasteiger partial charge in [0, 0.05) is 36.9 Å². The molecule has 3 heterocycles. The van der Waals surface area contributed by atoms with Crippen molar-refractivity contribution >= 4 is 23.1 Å². The van der Waals surface area contributed by atoms with Crippen LogP contribution in [0, 0.1) is 0 Å². The van der Waals surface area contributed by atoms with E-state index in [4.69, 9.17) is 11.6 Å². The van der Waals surface area contributed by atoms with Crippen molar-refractivity contribution in [1.82, 2.24) is 19.3 Å². The van der Waals surface area contributed by atoms with E-state index in [9.17, 15) is 15.0 Å². The lowest BCUT2D eigenvalue weighted by Gasteiger charge is -2.36. The number of benzene rings is 2. The molecule has 2 aromatic carbocycles. The molecule has 0 bridgehead atoms. The summed E-state index contributed by atoms with van der Waals surface area (Å²) < 4.78 is 2.77. The van der Waals surface area contributed by atoms with Gasteiger partial charge in [-0.2, -0.15) is 5.10 Å². The second-order valence-electron chi connectivity index (χ2n) is 9.07. The molecule has 2 atom stereocenters. The highest BCUT2D eigenvalue weighted by atomic mass is 35.5. The van der Waals surface area contributed by atoms with Crippen LogP contribution in [0.2, 0.25) is 5.02 Å². The Morgan fingerprint density at radius 3 is 2.19 bits per heavy atom. The quantitative estimate of drug-likeness (QED) is 0.382. The number of rotatable bonds is 7. The number of aromatic hydroxyl groups is 1. The molecule has 10 heteroatoms. The lowest BCUT2D eigenvalue weighted by molar-refractivity contribution is 0.101. The molecule has 0 saturated carbocycles. The summed E-state index contributed by atoms with van der Waals surface area (Å²) in [4.78, 5) is 22.3. The van der Waals surface area contributed by atoms with Crippen molar-refractivity contribution in [2.45, 2.75) is 25.5 Å². The maximum absolute atomic E-state index is 13.2. The first-order valence-corrected chi connectivity index (χ1v) is 12.7. The number of aliphatic hydroxyl groups excluding tert-OH is 1. The summed E-state index contributed by atoms with van der Waals surface area (Å²) in [6.07, 6.45) is 2.76. The maximum atomic E-state index is 13.2. The van der Waals surface area contributed by atoms with Gasteiger partial charge in [-0.15, -0.1) is 0 Å². The Kier molecular flexibility index (Phi) is 7.16. The van der Waals surface area contributed by atoms with E-state index in [0.717, 1.165) is 37.7 Å². The molecule has 1 saturated heterocycles. The Balaban J connectivity index is 1.28. The second-order valence-corrected chi connectivity index (χ2v) is 9.50. The first-order chi connectivity index (χ1) is 17.9. The van der Waals surface area contributed by atoms with Crippen molar-refractivity contribution in [3.05, 3.63) is 94.3 Å². The fourth-order valence-corrected chi connectivity index (χ4v) is 4.82. The number of halogens is 1. The lowest BCUT2D eigenvalue weighted by Crippen LogP contribution is -2.46. The summed E-state index contributed by atoms with van der Waals surface area (Å²) in [5.41, 5.74) is 2.04. The highest BCUT2D eigenvalue weighted by Gasteiger charge is 2.25. The van der Waals surface area contributed by atoms with Gasteiger partial charge in [-0.25, -0.2) is 19.0 Å². The third-order valence-electron chi connectivity index (χ3n) is 6.83. The molecule has 0 spiro atoms. The number of nitrogens with zero attached hydrogens (tertiary/aromatic N) is 6. The molecule has 0 radical (unpaired) electrons. The number of aliphatic hydroxyl groups is 1. The highest BCUT2D eigenvalue weighted by Crippen LogP contribution is 2.28. The Bertz CT molecular complexity index is 1380. The molecule has 5 rings (SSSR count). The fraction of sp³-hybridized carbons (Fsp3) is 0.296. The lowest BCUT2D eigenvalue weighted by atomic mass is 10.0. The van der Waals surface area contributed by atoms with Crippen LogP contribution in [-0.2, 0) is 0 Å². The van der Waals surface area contributed by atoms with E-state index >= 15 is 0 Å². The van der Waals surface area contributed by atoms with Crippen LogP contribution >= 0.6 is 11.6 Å². The second kappa shape index (κ2) is 10.7. The summed E-state index contributed by atoms with van der Waals surface area (Å²) in [5.74, 6) is 1.11. The molecule has 0 amide bonds. The van der Waals surface area contributed by atoms with Gasteiger partial charge in [0.2, 0.25) is 0 Å². The molecule has 0 aliphatic carbocycles. The van der Waals surface area contributed by atoms with Crippen LogP contribution in [0.5, 0.6) is 5.75 Å². The molecule has 192 valence electrons. The van der Waals surface area contributed by atoms with Crippen molar-refractivity contribution < 1.29 is 10.2 Å². The number of pyridine rings is 1. The molecule has 9 nitrogen and oxygen atoms in total. The van der Waals surface area contributed by atoms with Gasteiger partial charge in [0.1, 0.15) is 24.0 Å². The minimum atomic E-state index is -0.899. The SMILES string of the molecule is CCC(C(O)c1ccc(Cl)cc1)n1ncn(-c2ccc(N3CCN(c4ccc(O)cc4)CC3)nc2)c1=O. The normalized spacial score (nSPS) is 15.5. The molecule has 2 N–H and O–H groups in total. The summed E-state index contributed by atoms with van der Waals surface area (Å²) in [7, 11) is 0. The van der Waals surface area contributed by atoms with E-state index in [2.05, 4.69) is 19.9 Å². The zero-order chi connectivity index (χ0) is 25.9. The largest absolute Gasteiger partial charge is 0.508 e. The van der Waals surface area contributed by atoms with Crippen molar-refractivity contribution in [2.75, 3.05) is 36.0 Å². The number of piperazine rings is 1. The first kappa shape index (κ1) is 24.9. The summed E-state index contributed by atoms with van der Waals surface area (Å²) in [6.45, 7) is 5.22. The van der Waals surface area contributed by atoms with E-state index in [1.165, 1.54) is 15.6 Å². The summed E-state index contributed by atoms with van der Waals surface area (Å²) in [6, 6.07) is 17.4. The molecular weight excluding hydrogens is 492 g/mol. The van der Waals surface area contributed by atoms with Crippen molar-refractivity contribution in [1.29, 1.82) is 0 Å². The summed E-state index contributed by atoms with van der Waals surface area (Å²) >= 11 is 5.97. The average molecular weight is 521 g/mol. The Hall–Kier alpha value is -3.82. The molecule has 2 unspecified atom stereocenters. The predicted octanol–water partition coefficient (Wildman–Crippen LogP) is 3.80. The van der Waals surface area contributed by atoms with Crippen molar-refractivity contribution in [3.63, 3.8) is 0 Å². The van der Waals surface area contributed by atoms with Gasteiger partial charge in [0.25, 0.3) is 0 Å². The van der Waals surface area contributed by atoms with E-state index in [0.29, 0.717) is 22.7 Å². The highest BCUT2D eigenvalue weighted by molar-refractivity contribution is 6.30. The molecule has 1 aliphatic rings. The topological polar surface area (TPSA) is 99.7 Å². The minimum absolute atomic E-state index is 0.263. The van der Waals surface area contributed by atoms with Gasteiger partial charge >= 0.3 is 5.69 Å². The van der Waals surface area contributed by atoms with Crippen LogP contribution < -0.4 is 15.5 Å². The van der Waals surface area contributed by atoms with Gasteiger partial charge in [0.15, 0.2) is 0 Å². The zero-order valence-electron chi connectivity index (χ0n) is 20.5. The van der Waals surface area contributed by atoms with Crippen LogP contribution in [0.1, 0.15) is 31.1 Å². The van der Waals surface area contributed by atoms with Crippen LogP contribution in [-0.4, -0.2) is 55.7 Å². The minimum Gasteiger partial charge on any atom is -0.508 e. The number of phenols is 1. The van der Waals surface area contributed by atoms with Gasteiger partial charge in [-0.1, -0.05) is 30.7 Å². The van der Waals surface area contributed by atoms with E-state index < -0.39 is 12.1 Å². The number of anilines is 2. The van der Waals surface area contributed by atoms with Crippen molar-refractivity contribution in [2.24, 2.45) is 0 Å². The van der Waals surface area contributed by atoms with Crippen LogP contribution in [0.15, 0.2) is 78.0 Å². The average Bonchev–Trinajstić information content (AvgIpc) is 3.31. The van der Waals surface area contributed by atoms with Crippen LogP contribution in [0.25, 0.3) is 5.69 Å². The van der Waals surface area contributed by atoms with Crippen molar-refractivity contribution in [3.8, 4) is 11.4 Å². The van der Waals surface area contributed by atoms with E-state index in [1.54, 1.807) is 42.6 Å². The Morgan fingerprint density at radius 1 is 0.919 bits per heavy atom. The predicted molar refractivity (Wildman–Crippen MR) is 144 cm³/mol. The van der Waals surface area contributed by atoms with E-state index in [1.807, 2.05) is 31.2 Å².